The first-order valence-corrected chi connectivity index (χ1v) is 9.50. The van der Waals surface area contributed by atoms with Gasteiger partial charge in [-0.3, -0.25) is 0 Å². The molecule has 0 aliphatic carbocycles. The van der Waals surface area contributed by atoms with Crippen molar-refractivity contribution in [3.05, 3.63) is 51.5 Å². The van der Waals surface area contributed by atoms with Crippen molar-refractivity contribution in [2.75, 3.05) is 19.6 Å². The van der Waals surface area contributed by atoms with Gasteiger partial charge in [0.25, 0.3) is 0 Å². The van der Waals surface area contributed by atoms with E-state index in [1.54, 1.807) is 11.3 Å². The Balaban J connectivity index is 1.69. The number of benzene rings is 1. The van der Waals surface area contributed by atoms with Crippen molar-refractivity contribution in [3.8, 4) is 0 Å². The molecule has 1 aliphatic rings. The summed E-state index contributed by atoms with van der Waals surface area (Å²) in [6.45, 7) is 9.97. The molecule has 0 bridgehead atoms. The summed E-state index contributed by atoms with van der Waals surface area (Å²) in [7, 11) is 0. The Morgan fingerprint density at radius 3 is 2.79 bits per heavy atom. The Kier molecular flexibility index (Phi) is 5.51. The number of likely N-dealkylation sites (tertiary alicyclic amines) is 1. The molecule has 1 aromatic carbocycles. The van der Waals surface area contributed by atoms with Gasteiger partial charge in [0.15, 0.2) is 5.96 Å². The van der Waals surface area contributed by atoms with Gasteiger partial charge in [0.2, 0.25) is 0 Å². The number of aliphatic imine (C=N–C) groups is 1. The fourth-order valence-corrected chi connectivity index (χ4v) is 4.10. The lowest BCUT2D eigenvalue weighted by atomic mass is 9.99. The number of hydrogen-bond donors (Lipinski definition) is 1. The summed E-state index contributed by atoms with van der Waals surface area (Å²) in [5.41, 5.74) is 2.55. The maximum atomic E-state index is 4.87. The lowest BCUT2D eigenvalue weighted by molar-refractivity contribution is 0.486. The largest absolute Gasteiger partial charge is 0.357 e. The summed E-state index contributed by atoms with van der Waals surface area (Å²) >= 11 is 1.75. The maximum absolute atomic E-state index is 4.87. The van der Waals surface area contributed by atoms with Crippen LogP contribution in [-0.4, -0.2) is 35.5 Å². The van der Waals surface area contributed by atoms with Crippen LogP contribution in [0.25, 0.3) is 0 Å². The number of aryl methyl sites for hydroxylation is 2. The second kappa shape index (κ2) is 7.79. The van der Waals surface area contributed by atoms with Gasteiger partial charge in [0.1, 0.15) is 0 Å². The van der Waals surface area contributed by atoms with E-state index in [-0.39, 0.29) is 0 Å². The van der Waals surface area contributed by atoms with E-state index in [4.69, 9.17) is 4.99 Å². The Bertz CT molecular complexity index is 693. The third-order valence-corrected chi connectivity index (χ3v) is 5.52. The zero-order valence-electron chi connectivity index (χ0n) is 14.7. The van der Waals surface area contributed by atoms with E-state index in [0.29, 0.717) is 12.5 Å². The molecule has 3 rings (SSSR count). The summed E-state index contributed by atoms with van der Waals surface area (Å²) in [4.78, 5) is 13.0. The van der Waals surface area contributed by atoms with Crippen molar-refractivity contribution in [2.24, 2.45) is 4.99 Å². The predicted molar refractivity (Wildman–Crippen MR) is 102 cm³/mol. The lowest BCUT2D eigenvalue weighted by Crippen LogP contribution is -2.40. The molecule has 2 heterocycles. The molecule has 1 N–H and O–H groups in total. The smallest absolute Gasteiger partial charge is 0.194 e. The highest BCUT2D eigenvalue weighted by Crippen LogP contribution is 2.27. The minimum Gasteiger partial charge on any atom is -0.357 e. The van der Waals surface area contributed by atoms with E-state index in [9.17, 15) is 0 Å². The number of guanidine groups is 1. The van der Waals surface area contributed by atoms with Crippen molar-refractivity contribution in [1.82, 2.24) is 15.2 Å². The van der Waals surface area contributed by atoms with Crippen molar-refractivity contribution in [2.45, 2.75) is 39.7 Å². The van der Waals surface area contributed by atoms with Crippen LogP contribution < -0.4 is 5.32 Å². The first kappa shape index (κ1) is 17.0. The fraction of sp³-hybridized carbons (Fsp3) is 0.474. The first-order chi connectivity index (χ1) is 11.7. The highest BCUT2D eigenvalue weighted by atomic mass is 32.1. The minimum atomic E-state index is 0.599. The lowest BCUT2D eigenvalue weighted by Gasteiger charge is -2.21. The molecule has 2 aromatic rings. The Morgan fingerprint density at radius 1 is 1.33 bits per heavy atom. The number of rotatable bonds is 4. The highest BCUT2D eigenvalue weighted by molar-refractivity contribution is 7.11. The van der Waals surface area contributed by atoms with Crippen LogP contribution in [0.3, 0.4) is 0 Å². The Labute approximate surface area is 148 Å². The molecule has 0 spiro atoms. The molecule has 0 amide bonds. The zero-order valence-corrected chi connectivity index (χ0v) is 15.6. The Hall–Kier alpha value is -1.88. The molecule has 1 aromatic heterocycles. The molecule has 24 heavy (non-hydrogen) atoms. The van der Waals surface area contributed by atoms with Crippen LogP contribution in [0.1, 0.15) is 40.4 Å². The number of hydrogen-bond acceptors (Lipinski definition) is 3. The summed E-state index contributed by atoms with van der Waals surface area (Å²) in [5, 5.41) is 4.57. The van der Waals surface area contributed by atoms with E-state index >= 15 is 0 Å². The van der Waals surface area contributed by atoms with Gasteiger partial charge in [-0.2, -0.15) is 0 Å². The van der Waals surface area contributed by atoms with Crippen LogP contribution >= 0.6 is 11.3 Å². The normalized spacial score (nSPS) is 18.2. The van der Waals surface area contributed by atoms with Crippen LogP contribution in [0.5, 0.6) is 0 Å². The molecule has 4 nitrogen and oxygen atoms in total. The summed E-state index contributed by atoms with van der Waals surface area (Å²) in [5.74, 6) is 1.63. The second-order valence-corrected chi connectivity index (χ2v) is 7.54. The summed E-state index contributed by atoms with van der Waals surface area (Å²) in [6.07, 6.45) is 1.19. The van der Waals surface area contributed by atoms with Gasteiger partial charge < -0.3 is 10.2 Å². The van der Waals surface area contributed by atoms with Gasteiger partial charge in [-0.05, 0) is 32.8 Å². The van der Waals surface area contributed by atoms with E-state index in [1.807, 2.05) is 0 Å². The van der Waals surface area contributed by atoms with E-state index in [0.717, 1.165) is 36.3 Å². The zero-order chi connectivity index (χ0) is 16.9. The van der Waals surface area contributed by atoms with Gasteiger partial charge in [-0.1, -0.05) is 30.3 Å². The van der Waals surface area contributed by atoms with Crippen LogP contribution in [0.15, 0.2) is 35.3 Å². The van der Waals surface area contributed by atoms with Gasteiger partial charge >= 0.3 is 0 Å². The second-order valence-electron chi connectivity index (χ2n) is 6.25. The molecule has 0 radical (unpaired) electrons. The third-order valence-electron chi connectivity index (χ3n) is 4.47. The molecule has 5 heteroatoms. The molecule has 1 fully saturated rings. The van der Waals surface area contributed by atoms with E-state index < -0.39 is 0 Å². The van der Waals surface area contributed by atoms with Gasteiger partial charge in [-0.15, -0.1) is 11.3 Å². The number of nitrogens with zero attached hydrogens (tertiary/aromatic N) is 3. The summed E-state index contributed by atoms with van der Waals surface area (Å²) < 4.78 is 0. The molecule has 0 saturated carbocycles. The molecule has 1 unspecified atom stereocenters. The molecule has 1 atom stereocenters. The average Bonchev–Trinajstić information content (AvgIpc) is 3.19. The third kappa shape index (κ3) is 3.96. The standard InChI is InChI=1S/C19H26N4S/c1-4-20-19(21-12-18-14(2)22-15(3)24-18)23-11-10-17(13-23)16-8-6-5-7-9-16/h5-9,17H,4,10-13H2,1-3H3,(H,20,21). The number of thiazole rings is 1. The predicted octanol–water partition coefficient (Wildman–Crippen LogP) is 3.71. The topological polar surface area (TPSA) is 40.5 Å². The maximum Gasteiger partial charge on any atom is 0.194 e. The monoisotopic (exact) mass is 342 g/mol. The molecular weight excluding hydrogens is 316 g/mol. The van der Waals surface area contributed by atoms with Gasteiger partial charge in [0, 0.05) is 30.4 Å². The highest BCUT2D eigenvalue weighted by Gasteiger charge is 2.25. The average molecular weight is 343 g/mol. The number of aromatic nitrogens is 1. The Morgan fingerprint density at radius 2 is 2.12 bits per heavy atom. The molecule has 1 aliphatic heterocycles. The van der Waals surface area contributed by atoms with Crippen LogP contribution in [0, 0.1) is 13.8 Å². The van der Waals surface area contributed by atoms with Gasteiger partial charge in [0.05, 0.1) is 17.2 Å². The van der Waals surface area contributed by atoms with Gasteiger partial charge in [-0.25, -0.2) is 9.98 Å². The number of nitrogens with one attached hydrogen (secondary N) is 1. The summed E-state index contributed by atoms with van der Waals surface area (Å²) in [6, 6.07) is 10.8. The van der Waals surface area contributed by atoms with Crippen molar-refractivity contribution < 1.29 is 0 Å². The molecular formula is C19H26N4S. The first-order valence-electron chi connectivity index (χ1n) is 8.68. The SMILES string of the molecule is CCNC(=NCc1sc(C)nc1C)N1CCC(c2ccccc2)C1. The van der Waals surface area contributed by atoms with Crippen LogP contribution in [0.4, 0.5) is 0 Å². The van der Waals surface area contributed by atoms with Crippen LogP contribution in [0.2, 0.25) is 0 Å². The molecule has 1 saturated heterocycles. The van der Waals surface area contributed by atoms with Crippen molar-refractivity contribution >= 4 is 17.3 Å². The van der Waals surface area contributed by atoms with E-state index in [2.05, 4.69) is 66.3 Å². The van der Waals surface area contributed by atoms with E-state index in [1.165, 1.54) is 16.9 Å². The van der Waals surface area contributed by atoms with Crippen LogP contribution in [-0.2, 0) is 6.54 Å². The fourth-order valence-electron chi connectivity index (χ4n) is 3.24. The van der Waals surface area contributed by atoms with Crippen molar-refractivity contribution in [3.63, 3.8) is 0 Å². The quantitative estimate of drug-likeness (QED) is 0.680. The minimum absolute atomic E-state index is 0.599. The molecule has 128 valence electrons. The van der Waals surface area contributed by atoms with Crippen molar-refractivity contribution in [1.29, 1.82) is 0 Å².